The lowest BCUT2D eigenvalue weighted by Crippen LogP contribution is -2.41. The molecule has 6 nitrogen and oxygen atoms in total. The van der Waals surface area contributed by atoms with Gasteiger partial charge in [-0.1, -0.05) is 29.8 Å². The first kappa shape index (κ1) is 17.5. The minimum absolute atomic E-state index is 0.00778. The Hall–Kier alpha value is -2.37. The van der Waals surface area contributed by atoms with Crippen LogP contribution in [0.2, 0.25) is 0 Å². The summed E-state index contributed by atoms with van der Waals surface area (Å²) in [4.78, 5) is 40.0. The molecule has 0 saturated carbocycles. The zero-order chi connectivity index (χ0) is 17.8. The van der Waals surface area contributed by atoms with Crippen molar-refractivity contribution in [2.45, 2.75) is 32.7 Å². The minimum Gasteiger partial charge on any atom is -0.347 e. The van der Waals surface area contributed by atoms with E-state index in [2.05, 4.69) is 5.32 Å². The van der Waals surface area contributed by atoms with Gasteiger partial charge in [0.2, 0.25) is 17.7 Å². The number of amides is 3. The largest absolute Gasteiger partial charge is 0.347 e. The van der Waals surface area contributed by atoms with Crippen LogP contribution in [0.15, 0.2) is 24.3 Å². The lowest BCUT2D eigenvalue weighted by molar-refractivity contribution is -0.133. The second kappa shape index (κ2) is 7.68. The van der Waals surface area contributed by atoms with E-state index in [-0.39, 0.29) is 36.6 Å². The first-order valence-corrected chi connectivity index (χ1v) is 8.92. The fraction of sp³-hybridized carbons (Fsp3) is 0.526. The molecule has 0 aliphatic carbocycles. The molecule has 2 heterocycles. The highest BCUT2D eigenvalue weighted by Gasteiger charge is 2.34. The highest BCUT2D eigenvalue weighted by Crippen LogP contribution is 2.20. The molecular weight excluding hydrogens is 318 g/mol. The summed E-state index contributed by atoms with van der Waals surface area (Å²) in [6.45, 7) is 4.55. The van der Waals surface area contributed by atoms with Gasteiger partial charge in [0.15, 0.2) is 0 Å². The molecule has 25 heavy (non-hydrogen) atoms. The molecule has 3 amide bonds. The van der Waals surface area contributed by atoms with E-state index in [0.717, 1.165) is 31.5 Å². The Balaban J connectivity index is 1.48. The average Bonchev–Trinajstić information content (AvgIpc) is 3.25. The van der Waals surface area contributed by atoms with E-state index >= 15 is 0 Å². The van der Waals surface area contributed by atoms with Gasteiger partial charge in [0.25, 0.3) is 0 Å². The van der Waals surface area contributed by atoms with Crippen molar-refractivity contribution in [3.63, 3.8) is 0 Å². The first-order chi connectivity index (χ1) is 12.0. The molecule has 2 saturated heterocycles. The zero-order valence-corrected chi connectivity index (χ0v) is 14.7. The number of carbonyl (C=O) groups excluding carboxylic acids is 3. The van der Waals surface area contributed by atoms with Crippen LogP contribution in [-0.2, 0) is 20.9 Å². The lowest BCUT2D eigenvalue weighted by atomic mass is 10.1. The summed E-state index contributed by atoms with van der Waals surface area (Å²) in [6.07, 6.45) is 2.28. The Morgan fingerprint density at radius 2 is 1.84 bits per heavy atom. The molecule has 1 unspecified atom stereocenters. The van der Waals surface area contributed by atoms with E-state index in [1.165, 1.54) is 5.56 Å². The van der Waals surface area contributed by atoms with Crippen molar-refractivity contribution in [3.05, 3.63) is 35.4 Å². The Labute approximate surface area is 148 Å². The van der Waals surface area contributed by atoms with Crippen LogP contribution in [0.1, 0.15) is 30.4 Å². The lowest BCUT2D eigenvalue weighted by Gasteiger charge is -2.18. The first-order valence-electron chi connectivity index (χ1n) is 8.92. The third kappa shape index (κ3) is 4.38. The van der Waals surface area contributed by atoms with Crippen LogP contribution in [0, 0.1) is 12.8 Å². The average molecular weight is 343 g/mol. The fourth-order valence-electron chi connectivity index (χ4n) is 3.40. The van der Waals surface area contributed by atoms with Gasteiger partial charge < -0.3 is 15.1 Å². The molecule has 0 aromatic heterocycles. The van der Waals surface area contributed by atoms with Gasteiger partial charge in [-0.2, -0.15) is 0 Å². The summed E-state index contributed by atoms with van der Waals surface area (Å²) < 4.78 is 0. The molecule has 6 heteroatoms. The maximum atomic E-state index is 12.3. The van der Waals surface area contributed by atoms with Gasteiger partial charge in [0.05, 0.1) is 12.5 Å². The molecule has 2 aliphatic rings. The van der Waals surface area contributed by atoms with Crippen molar-refractivity contribution in [1.29, 1.82) is 0 Å². The molecule has 3 rings (SSSR count). The molecule has 2 aliphatic heterocycles. The molecule has 1 N–H and O–H groups in total. The van der Waals surface area contributed by atoms with Gasteiger partial charge in [-0.15, -0.1) is 0 Å². The van der Waals surface area contributed by atoms with Crippen LogP contribution in [-0.4, -0.2) is 53.7 Å². The number of nitrogens with one attached hydrogen (secondary N) is 1. The maximum Gasteiger partial charge on any atom is 0.241 e. The quantitative estimate of drug-likeness (QED) is 0.870. The molecule has 134 valence electrons. The number of benzene rings is 1. The Morgan fingerprint density at radius 3 is 2.52 bits per heavy atom. The molecule has 1 atom stereocenters. The Bertz CT molecular complexity index is 650. The number of hydrogen-bond acceptors (Lipinski definition) is 3. The van der Waals surface area contributed by atoms with Crippen LogP contribution in [0.25, 0.3) is 0 Å². The van der Waals surface area contributed by atoms with Crippen molar-refractivity contribution in [2.24, 2.45) is 5.92 Å². The molecule has 2 fully saturated rings. The summed E-state index contributed by atoms with van der Waals surface area (Å²) in [5.41, 5.74) is 2.24. The van der Waals surface area contributed by atoms with Crippen LogP contribution in [0.3, 0.4) is 0 Å². The molecule has 0 spiro atoms. The maximum absolute atomic E-state index is 12.3. The predicted molar refractivity (Wildman–Crippen MR) is 93.5 cm³/mol. The molecular formula is C19H25N3O3. The molecule has 0 radical (unpaired) electrons. The molecule has 1 aromatic rings. The number of rotatable bonds is 5. The number of carbonyl (C=O) groups is 3. The van der Waals surface area contributed by atoms with Crippen LogP contribution >= 0.6 is 0 Å². The van der Waals surface area contributed by atoms with Gasteiger partial charge >= 0.3 is 0 Å². The summed E-state index contributed by atoms with van der Waals surface area (Å²) >= 11 is 0. The topological polar surface area (TPSA) is 69.7 Å². The smallest absolute Gasteiger partial charge is 0.241 e. The van der Waals surface area contributed by atoms with Crippen molar-refractivity contribution < 1.29 is 14.4 Å². The van der Waals surface area contributed by atoms with Gasteiger partial charge in [-0.25, -0.2) is 0 Å². The number of nitrogens with zero attached hydrogens (tertiary/aromatic N) is 2. The van der Waals surface area contributed by atoms with E-state index in [1.807, 2.05) is 31.2 Å². The van der Waals surface area contributed by atoms with Crippen molar-refractivity contribution >= 4 is 17.7 Å². The minimum atomic E-state index is -0.371. The number of likely N-dealkylation sites (tertiary alicyclic amines) is 2. The van der Waals surface area contributed by atoms with Crippen LogP contribution in [0.4, 0.5) is 0 Å². The predicted octanol–water partition coefficient (Wildman–Crippen LogP) is 1.08. The van der Waals surface area contributed by atoms with Gasteiger partial charge in [0.1, 0.15) is 0 Å². The zero-order valence-electron chi connectivity index (χ0n) is 14.7. The standard InChI is InChI=1S/C19H25N3O3/c1-14-4-6-15(7-5-14)12-22-13-16(10-17(22)23)19(25)20-11-18(24)21-8-2-3-9-21/h4-7,16H,2-3,8-13H2,1H3,(H,20,25). The second-order valence-electron chi connectivity index (χ2n) is 6.97. The van der Waals surface area contributed by atoms with E-state index in [1.54, 1.807) is 9.80 Å². The molecule has 0 bridgehead atoms. The van der Waals surface area contributed by atoms with Gasteiger partial charge in [-0.3, -0.25) is 14.4 Å². The van der Waals surface area contributed by atoms with Crippen LogP contribution < -0.4 is 5.32 Å². The van der Waals surface area contributed by atoms with Crippen molar-refractivity contribution in [1.82, 2.24) is 15.1 Å². The Kier molecular flexibility index (Phi) is 5.36. The van der Waals surface area contributed by atoms with E-state index in [9.17, 15) is 14.4 Å². The van der Waals surface area contributed by atoms with Gasteiger partial charge in [-0.05, 0) is 25.3 Å². The third-order valence-corrected chi connectivity index (χ3v) is 4.95. The van der Waals surface area contributed by atoms with Crippen molar-refractivity contribution in [3.8, 4) is 0 Å². The number of aryl methyl sites for hydroxylation is 1. The fourth-order valence-corrected chi connectivity index (χ4v) is 3.40. The van der Waals surface area contributed by atoms with Gasteiger partial charge in [0, 0.05) is 32.6 Å². The monoisotopic (exact) mass is 343 g/mol. The van der Waals surface area contributed by atoms with Crippen molar-refractivity contribution in [2.75, 3.05) is 26.2 Å². The summed E-state index contributed by atoms with van der Waals surface area (Å²) in [5.74, 6) is -0.616. The van der Waals surface area contributed by atoms with E-state index in [0.29, 0.717) is 13.1 Å². The SMILES string of the molecule is Cc1ccc(CN2CC(C(=O)NCC(=O)N3CCCC3)CC2=O)cc1. The highest BCUT2D eigenvalue weighted by molar-refractivity contribution is 5.91. The normalized spacial score (nSPS) is 20.2. The Morgan fingerprint density at radius 1 is 1.16 bits per heavy atom. The highest BCUT2D eigenvalue weighted by atomic mass is 16.2. The van der Waals surface area contributed by atoms with E-state index < -0.39 is 0 Å². The summed E-state index contributed by atoms with van der Waals surface area (Å²) in [6, 6.07) is 8.05. The molecule has 1 aromatic carbocycles. The summed E-state index contributed by atoms with van der Waals surface area (Å²) in [7, 11) is 0. The van der Waals surface area contributed by atoms with Crippen LogP contribution in [0.5, 0.6) is 0 Å². The third-order valence-electron chi connectivity index (χ3n) is 4.95. The second-order valence-corrected chi connectivity index (χ2v) is 6.97. The number of hydrogen-bond donors (Lipinski definition) is 1. The summed E-state index contributed by atoms with van der Waals surface area (Å²) in [5, 5.41) is 2.70. The van der Waals surface area contributed by atoms with E-state index in [4.69, 9.17) is 0 Å².